The summed E-state index contributed by atoms with van der Waals surface area (Å²) in [7, 11) is 2.30. The van der Waals surface area contributed by atoms with Crippen LogP contribution in [0.2, 0.25) is 5.15 Å². The maximum Gasteiger partial charge on any atom is 0.145 e. The summed E-state index contributed by atoms with van der Waals surface area (Å²) in [6.45, 7) is 0. The van der Waals surface area contributed by atoms with Crippen LogP contribution < -0.4 is 15.6 Å². The fraction of sp³-hybridized carbons (Fsp3) is 0. The van der Waals surface area contributed by atoms with Crippen molar-refractivity contribution < 1.29 is 4.74 Å². The lowest BCUT2D eigenvalue weighted by Gasteiger charge is -2.12. The van der Waals surface area contributed by atoms with Gasteiger partial charge in [-0.1, -0.05) is 11.6 Å². The van der Waals surface area contributed by atoms with Crippen molar-refractivity contribution in [1.82, 2.24) is 9.97 Å². The van der Waals surface area contributed by atoms with Gasteiger partial charge in [0.15, 0.2) is 0 Å². The van der Waals surface area contributed by atoms with E-state index >= 15 is 0 Å². The van der Waals surface area contributed by atoms with Gasteiger partial charge in [-0.2, -0.15) is 0 Å². The molecule has 1 atom stereocenters. The molecule has 98 valence electrons. The zero-order valence-electron chi connectivity index (χ0n) is 9.72. The first-order valence-corrected chi connectivity index (χ1v) is 6.16. The van der Waals surface area contributed by atoms with E-state index in [0.29, 0.717) is 28.0 Å². The van der Waals surface area contributed by atoms with E-state index in [4.69, 9.17) is 27.5 Å². The molecular formula is C11H11ClN5OP. The minimum absolute atomic E-state index is 0.144. The Morgan fingerprint density at radius 3 is 2.74 bits per heavy atom. The number of ether oxygens (including phenoxy) is 1. The molecule has 0 saturated carbocycles. The maximum absolute atomic E-state index is 7.59. The second-order valence-electron chi connectivity index (χ2n) is 3.51. The maximum atomic E-state index is 7.59. The Bertz CT molecular complexity index is 605. The zero-order chi connectivity index (χ0) is 13.8. The molecule has 2 heterocycles. The van der Waals surface area contributed by atoms with E-state index in [9.17, 15) is 0 Å². The standard InChI is InChI=1S/C11H11ClN5OP/c12-8-2-1-6(5-16-8)18-7-3-4-15-11(17-19)9(7)10(13)14/h1-5H,19H2,(H3,13,14)(H,15,17). The highest BCUT2D eigenvalue weighted by molar-refractivity contribution is 7.18. The predicted molar refractivity (Wildman–Crippen MR) is 77.9 cm³/mol. The van der Waals surface area contributed by atoms with Crippen molar-refractivity contribution >= 4 is 32.6 Å². The van der Waals surface area contributed by atoms with Crippen LogP contribution in [0.1, 0.15) is 5.56 Å². The molecule has 2 aromatic heterocycles. The fourth-order valence-electron chi connectivity index (χ4n) is 1.45. The molecule has 0 spiro atoms. The average molecular weight is 296 g/mol. The number of nitrogens with zero attached hydrogens (tertiary/aromatic N) is 2. The Morgan fingerprint density at radius 2 is 2.16 bits per heavy atom. The molecule has 0 amide bonds. The Labute approximate surface area is 117 Å². The minimum Gasteiger partial charge on any atom is -0.455 e. The molecular weight excluding hydrogens is 285 g/mol. The van der Waals surface area contributed by atoms with Crippen molar-refractivity contribution in [2.75, 3.05) is 5.09 Å². The summed E-state index contributed by atoms with van der Waals surface area (Å²) in [5.41, 5.74) is 5.93. The van der Waals surface area contributed by atoms with Crippen molar-refractivity contribution in [1.29, 1.82) is 5.41 Å². The Morgan fingerprint density at radius 1 is 1.37 bits per heavy atom. The van der Waals surface area contributed by atoms with Gasteiger partial charge in [0.2, 0.25) is 0 Å². The largest absolute Gasteiger partial charge is 0.455 e. The molecule has 1 unspecified atom stereocenters. The normalized spacial score (nSPS) is 10.0. The molecule has 8 heteroatoms. The molecule has 4 N–H and O–H groups in total. The molecule has 6 nitrogen and oxygen atoms in total. The summed E-state index contributed by atoms with van der Waals surface area (Å²) in [4.78, 5) is 7.98. The molecule has 0 radical (unpaired) electrons. The smallest absolute Gasteiger partial charge is 0.145 e. The first-order valence-electron chi connectivity index (χ1n) is 5.21. The Hall–Kier alpha value is -1.91. The predicted octanol–water partition coefficient (Wildman–Crippen LogP) is 2.41. The number of halogens is 1. The number of aromatic nitrogens is 2. The lowest BCUT2D eigenvalue weighted by molar-refractivity contribution is 0.479. The van der Waals surface area contributed by atoms with Crippen LogP contribution >= 0.6 is 21.0 Å². The SMILES string of the molecule is N=C(N)c1c(Oc2ccc(Cl)nc2)ccnc1NP. The van der Waals surface area contributed by atoms with Gasteiger partial charge >= 0.3 is 0 Å². The van der Waals surface area contributed by atoms with Gasteiger partial charge in [0, 0.05) is 12.3 Å². The van der Waals surface area contributed by atoms with Crippen molar-refractivity contribution in [3.8, 4) is 11.5 Å². The van der Waals surface area contributed by atoms with Crippen molar-refractivity contribution in [3.05, 3.63) is 41.3 Å². The van der Waals surface area contributed by atoms with Gasteiger partial charge in [0.05, 0.1) is 6.20 Å². The van der Waals surface area contributed by atoms with Crippen LogP contribution in [-0.2, 0) is 0 Å². The first-order chi connectivity index (χ1) is 9.11. The summed E-state index contributed by atoms with van der Waals surface area (Å²) in [6, 6.07) is 4.91. The van der Waals surface area contributed by atoms with Crippen LogP contribution in [0.3, 0.4) is 0 Å². The third-order valence-electron chi connectivity index (χ3n) is 2.25. The van der Waals surface area contributed by atoms with Crippen LogP contribution in [0.4, 0.5) is 5.82 Å². The third-order valence-corrected chi connectivity index (χ3v) is 2.74. The highest BCUT2D eigenvalue weighted by Gasteiger charge is 2.14. The summed E-state index contributed by atoms with van der Waals surface area (Å²) >= 11 is 5.70. The van der Waals surface area contributed by atoms with Crippen molar-refractivity contribution in [2.45, 2.75) is 0 Å². The molecule has 0 aliphatic rings. The number of hydrogen-bond acceptors (Lipinski definition) is 5. The van der Waals surface area contributed by atoms with Crippen LogP contribution in [0, 0.1) is 5.41 Å². The van der Waals surface area contributed by atoms with E-state index < -0.39 is 0 Å². The molecule has 2 aromatic rings. The molecule has 0 aliphatic heterocycles. The molecule has 0 bridgehead atoms. The van der Waals surface area contributed by atoms with Gasteiger partial charge in [-0.15, -0.1) is 0 Å². The Balaban J connectivity index is 2.39. The summed E-state index contributed by atoms with van der Waals surface area (Å²) in [5.74, 6) is 1.20. The van der Waals surface area contributed by atoms with E-state index in [1.807, 2.05) is 0 Å². The number of hydrogen-bond donors (Lipinski definition) is 3. The highest BCUT2D eigenvalue weighted by atomic mass is 35.5. The molecule has 19 heavy (non-hydrogen) atoms. The summed E-state index contributed by atoms with van der Waals surface area (Å²) in [5, 5.41) is 10.7. The van der Waals surface area contributed by atoms with E-state index in [-0.39, 0.29) is 5.84 Å². The lowest BCUT2D eigenvalue weighted by atomic mass is 10.2. The van der Waals surface area contributed by atoms with Gasteiger partial charge in [-0.3, -0.25) is 5.41 Å². The van der Waals surface area contributed by atoms with E-state index in [1.54, 1.807) is 24.4 Å². The van der Waals surface area contributed by atoms with Gasteiger partial charge in [-0.05, 0) is 21.5 Å². The van der Waals surface area contributed by atoms with Crippen LogP contribution in [-0.4, -0.2) is 15.8 Å². The molecule has 0 aliphatic carbocycles. The summed E-state index contributed by atoms with van der Waals surface area (Å²) < 4.78 is 5.64. The van der Waals surface area contributed by atoms with Crippen LogP contribution in [0.5, 0.6) is 11.5 Å². The second-order valence-corrected chi connectivity index (χ2v) is 4.19. The molecule has 0 aromatic carbocycles. The number of nitrogens with two attached hydrogens (primary N) is 1. The second kappa shape index (κ2) is 5.82. The monoisotopic (exact) mass is 295 g/mol. The molecule has 2 rings (SSSR count). The quantitative estimate of drug-likeness (QED) is 0.348. The van der Waals surface area contributed by atoms with Gasteiger partial charge in [0.25, 0.3) is 0 Å². The number of rotatable bonds is 4. The lowest BCUT2D eigenvalue weighted by Crippen LogP contribution is -2.14. The number of amidine groups is 1. The molecule has 0 saturated heterocycles. The zero-order valence-corrected chi connectivity index (χ0v) is 11.6. The summed E-state index contributed by atoms with van der Waals surface area (Å²) in [6.07, 6.45) is 3.04. The highest BCUT2D eigenvalue weighted by Crippen LogP contribution is 2.29. The van der Waals surface area contributed by atoms with E-state index in [2.05, 4.69) is 24.4 Å². The van der Waals surface area contributed by atoms with Gasteiger partial charge in [0.1, 0.15) is 33.9 Å². The first kappa shape index (κ1) is 13.5. The van der Waals surface area contributed by atoms with Gasteiger partial charge < -0.3 is 15.6 Å². The number of nitrogen functional groups attached to an aromatic ring is 1. The van der Waals surface area contributed by atoms with Crippen molar-refractivity contribution in [2.24, 2.45) is 5.73 Å². The number of anilines is 1. The number of pyridine rings is 2. The fourth-order valence-corrected chi connectivity index (χ4v) is 1.78. The van der Waals surface area contributed by atoms with Gasteiger partial charge in [-0.25, -0.2) is 9.97 Å². The minimum atomic E-state index is -0.144. The Kier molecular flexibility index (Phi) is 4.14. The topological polar surface area (TPSA) is 96.9 Å². The van der Waals surface area contributed by atoms with Crippen LogP contribution in [0.15, 0.2) is 30.6 Å². The number of nitrogens with one attached hydrogen (secondary N) is 2. The van der Waals surface area contributed by atoms with Crippen molar-refractivity contribution in [3.63, 3.8) is 0 Å². The third kappa shape index (κ3) is 3.10. The molecule has 0 fully saturated rings. The van der Waals surface area contributed by atoms with E-state index in [0.717, 1.165) is 0 Å². The van der Waals surface area contributed by atoms with Crippen LogP contribution in [0.25, 0.3) is 0 Å². The average Bonchev–Trinajstić information content (AvgIpc) is 2.40. The van der Waals surface area contributed by atoms with E-state index in [1.165, 1.54) is 6.20 Å².